The smallest absolute Gasteiger partial charge is 0.310 e. The molecule has 0 saturated carbocycles. The van der Waals surface area contributed by atoms with Gasteiger partial charge in [-0.15, -0.1) is 0 Å². The highest BCUT2D eigenvalue weighted by molar-refractivity contribution is 6.33. The van der Waals surface area contributed by atoms with Crippen LogP contribution in [0.15, 0.2) is 18.2 Å². The molecule has 2 aliphatic rings. The number of anilines is 1. The molecule has 4 atom stereocenters. The van der Waals surface area contributed by atoms with Crippen LogP contribution in [0.4, 0.5) is 5.69 Å². The first-order chi connectivity index (χ1) is 17.5. The zero-order chi connectivity index (χ0) is 27.3. The van der Waals surface area contributed by atoms with Crippen LogP contribution in [-0.4, -0.2) is 66.2 Å². The van der Waals surface area contributed by atoms with Crippen LogP contribution in [0.2, 0.25) is 5.02 Å². The molecule has 37 heavy (non-hydrogen) atoms. The van der Waals surface area contributed by atoms with Gasteiger partial charge in [0.05, 0.1) is 17.1 Å². The van der Waals surface area contributed by atoms with E-state index < -0.39 is 41.7 Å². The second-order valence-electron chi connectivity index (χ2n) is 9.83. The summed E-state index contributed by atoms with van der Waals surface area (Å²) in [6.07, 6.45) is 1.53. The maximum absolute atomic E-state index is 14.0. The summed E-state index contributed by atoms with van der Waals surface area (Å²) < 4.78 is 10.6. The van der Waals surface area contributed by atoms with Crippen LogP contribution in [-0.2, 0) is 23.9 Å². The lowest BCUT2D eigenvalue weighted by Gasteiger charge is -2.39. The monoisotopic (exact) mass is 536 g/mol. The van der Waals surface area contributed by atoms with E-state index in [4.69, 9.17) is 26.8 Å². The summed E-state index contributed by atoms with van der Waals surface area (Å²) in [4.78, 5) is 53.7. The highest BCUT2D eigenvalue weighted by Gasteiger charge is 2.45. The number of carbonyl (C=O) groups excluding carboxylic acids is 4. The Morgan fingerprint density at radius 2 is 1.97 bits per heavy atom. The molecule has 0 aliphatic carbocycles. The molecule has 0 bridgehead atoms. The Morgan fingerprint density at radius 3 is 2.59 bits per heavy atom. The Balaban J connectivity index is 1.81. The normalized spacial score (nSPS) is 22.5. The minimum absolute atomic E-state index is 0.00362. The van der Waals surface area contributed by atoms with E-state index >= 15 is 0 Å². The average molecular weight is 537 g/mol. The molecule has 0 radical (unpaired) electrons. The third kappa shape index (κ3) is 6.35. The van der Waals surface area contributed by atoms with Gasteiger partial charge in [0.25, 0.3) is 5.91 Å². The van der Waals surface area contributed by atoms with Crippen molar-refractivity contribution in [1.82, 2.24) is 15.5 Å². The second-order valence-corrected chi connectivity index (χ2v) is 10.2. The van der Waals surface area contributed by atoms with Crippen molar-refractivity contribution in [2.45, 2.75) is 84.2 Å². The van der Waals surface area contributed by atoms with Gasteiger partial charge in [0.1, 0.15) is 18.1 Å². The number of nitrogen functional groups attached to an aromatic ring is 1. The van der Waals surface area contributed by atoms with Crippen LogP contribution >= 0.6 is 11.6 Å². The Hall–Kier alpha value is -2.85. The topological polar surface area (TPSA) is 140 Å². The number of ether oxygens (including phenoxy) is 2. The number of hydrogen-bond acceptors (Lipinski definition) is 7. The molecular formula is C26H37ClN4O6. The van der Waals surface area contributed by atoms with E-state index in [-0.39, 0.29) is 28.8 Å². The number of nitrogens with two attached hydrogens (primary N) is 1. The van der Waals surface area contributed by atoms with Crippen molar-refractivity contribution < 1.29 is 28.7 Å². The predicted molar refractivity (Wildman–Crippen MR) is 139 cm³/mol. The van der Waals surface area contributed by atoms with E-state index in [1.807, 2.05) is 20.8 Å². The summed E-state index contributed by atoms with van der Waals surface area (Å²) in [6.45, 7) is 8.37. The second kappa shape index (κ2) is 12.1. The molecule has 10 nitrogen and oxygen atoms in total. The number of nitrogens with one attached hydrogen (secondary N) is 2. The lowest BCUT2D eigenvalue weighted by Crippen LogP contribution is -2.59. The number of nitrogens with zero attached hydrogens (tertiary/aromatic N) is 1. The van der Waals surface area contributed by atoms with Crippen molar-refractivity contribution in [2.75, 3.05) is 18.9 Å². The third-order valence-corrected chi connectivity index (χ3v) is 7.88. The van der Waals surface area contributed by atoms with Gasteiger partial charge in [0, 0.05) is 18.7 Å². The maximum Gasteiger partial charge on any atom is 0.310 e. The standard InChI is InChI=1S/C26H37ClN4O6/c1-5-26(4,6-2)21(30-22(33)15-10-11-17(28)16(27)13-15)24(35)31-12-8-9-19(31)23(34)29-18-14-20(32)37-25(18)36-7-3/h10-11,13,18-19,21,25H,5-9,12,14,28H2,1-4H3,(H,29,34)(H,30,33)/t18?,19-,21?,25?/m1/s1. The molecule has 1 aromatic carbocycles. The SMILES string of the molecule is CCOC1OC(=O)CC1NC(=O)[C@H]1CCCN1C(=O)C(NC(=O)c1ccc(N)c(Cl)c1)C(C)(CC)CC. The number of amides is 3. The van der Waals surface area contributed by atoms with Crippen LogP contribution < -0.4 is 16.4 Å². The molecule has 2 fully saturated rings. The number of cyclic esters (lactones) is 1. The van der Waals surface area contributed by atoms with Gasteiger partial charge in [0.15, 0.2) is 0 Å². The quantitative estimate of drug-likeness (QED) is 0.308. The summed E-state index contributed by atoms with van der Waals surface area (Å²) in [5.74, 6) is -1.59. The minimum Gasteiger partial charge on any atom is -0.433 e. The summed E-state index contributed by atoms with van der Waals surface area (Å²) >= 11 is 6.10. The summed E-state index contributed by atoms with van der Waals surface area (Å²) in [6, 6.07) is 2.34. The zero-order valence-corrected chi connectivity index (χ0v) is 22.6. The van der Waals surface area contributed by atoms with E-state index in [1.54, 1.807) is 19.1 Å². The van der Waals surface area contributed by atoms with Crippen molar-refractivity contribution in [3.8, 4) is 0 Å². The minimum atomic E-state index is -0.868. The Morgan fingerprint density at radius 1 is 1.27 bits per heavy atom. The lowest BCUT2D eigenvalue weighted by atomic mass is 9.76. The van der Waals surface area contributed by atoms with E-state index in [9.17, 15) is 19.2 Å². The molecule has 11 heteroatoms. The molecule has 4 N–H and O–H groups in total. The first-order valence-corrected chi connectivity index (χ1v) is 13.2. The van der Waals surface area contributed by atoms with E-state index in [2.05, 4.69) is 10.6 Å². The summed E-state index contributed by atoms with van der Waals surface area (Å²) in [7, 11) is 0. The number of carbonyl (C=O) groups is 4. The number of esters is 1. The summed E-state index contributed by atoms with van der Waals surface area (Å²) in [5.41, 5.74) is 5.85. The zero-order valence-electron chi connectivity index (χ0n) is 21.8. The highest BCUT2D eigenvalue weighted by atomic mass is 35.5. The third-order valence-electron chi connectivity index (χ3n) is 7.56. The first kappa shape index (κ1) is 28.7. The molecule has 2 heterocycles. The molecule has 1 aromatic rings. The molecule has 2 saturated heterocycles. The van der Waals surface area contributed by atoms with Crippen LogP contribution in [0.25, 0.3) is 0 Å². The van der Waals surface area contributed by atoms with Gasteiger partial charge in [-0.25, -0.2) is 0 Å². The Labute approximate surface area is 222 Å². The molecule has 2 aliphatic heterocycles. The fraction of sp³-hybridized carbons (Fsp3) is 0.615. The van der Waals surface area contributed by atoms with Crippen LogP contribution in [0.5, 0.6) is 0 Å². The number of rotatable bonds is 10. The van der Waals surface area contributed by atoms with Crippen molar-refractivity contribution in [2.24, 2.45) is 5.41 Å². The molecule has 0 spiro atoms. The van der Waals surface area contributed by atoms with Crippen LogP contribution in [0.1, 0.15) is 70.2 Å². The molecule has 3 amide bonds. The van der Waals surface area contributed by atoms with Crippen molar-refractivity contribution >= 4 is 41.0 Å². The Bertz CT molecular complexity index is 1030. The van der Waals surface area contributed by atoms with E-state index in [1.165, 1.54) is 11.0 Å². The summed E-state index contributed by atoms with van der Waals surface area (Å²) in [5, 5.41) is 6.00. The van der Waals surface area contributed by atoms with Crippen LogP contribution in [0, 0.1) is 5.41 Å². The molecule has 0 aromatic heterocycles. The van der Waals surface area contributed by atoms with Crippen molar-refractivity contribution in [3.05, 3.63) is 28.8 Å². The number of hydrogen-bond donors (Lipinski definition) is 3. The fourth-order valence-corrected chi connectivity index (χ4v) is 4.97. The van der Waals surface area contributed by atoms with Gasteiger partial charge >= 0.3 is 5.97 Å². The molecular weight excluding hydrogens is 500 g/mol. The van der Waals surface area contributed by atoms with Gasteiger partial charge in [-0.2, -0.15) is 0 Å². The first-order valence-electron chi connectivity index (χ1n) is 12.8. The van der Waals surface area contributed by atoms with E-state index in [0.29, 0.717) is 44.5 Å². The average Bonchev–Trinajstić information content (AvgIpc) is 3.50. The largest absolute Gasteiger partial charge is 0.433 e. The highest BCUT2D eigenvalue weighted by Crippen LogP contribution is 2.33. The number of benzene rings is 1. The fourth-order valence-electron chi connectivity index (χ4n) is 4.79. The number of halogens is 1. The number of likely N-dealkylation sites (tertiary alicyclic amines) is 1. The van der Waals surface area contributed by atoms with Gasteiger partial charge in [-0.1, -0.05) is 32.4 Å². The van der Waals surface area contributed by atoms with Gasteiger partial charge in [-0.3, -0.25) is 19.2 Å². The maximum atomic E-state index is 14.0. The van der Waals surface area contributed by atoms with Crippen LogP contribution in [0.3, 0.4) is 0 Å². The molecule has 204 valence electrons. The molecule has 3 rings (SSSR count). The molecule has 3 unspecified atom stereocenters. The van der Waals surface area contributed by atoms with Gasteiger partial charge in [-0.05, 0) is 56.2 Å². The predicted octanol–water partition coefficient (Wildman–Crippen LogP) is 2.63. The van der Waals surface area contributed by atoms with Crippen molar-refractivity contribution in [1.29, 1.82) is 0 Å². The lowest BCUT2D eigenvalue weighted by molar-refractivity contribution is -0.164. The van der Waals surface area contributed by atoms with Gasteiger partial charge in [0.2, 0.25) is 18.1 Å². The van der Waals surface area contributed by atoms with Gasteiger partial charge < -0.3 is 30.7 Å². The Kier molecular flexibility index (Phi) is 9.41. The van der Waals surface area contributed by atoms with Crippen molar-refractivity contribution in [3.63, 3.8) is 0 Å². The van der Waals surface area contributed by atoms with E-state index in [0.717, 1.165) is 0 Å².